The lowest BCUT2D eigenvalue weighted by molar-refractivity contribution is 0.0374. The van der Waals surface area contributed by atoms with E-state index in [9.17, 15) is 0 Å². The van der Waals surface area contributed by atoms with Crippen molar-refractivity contribution in [3.8, 4) is 11.5 Å². The number of halogens is 1. The lowest BCUT2D eigenvalue weighted by Crippen LogP contribution is -2.37. The number of nitrogens with zero attached hydrogens (tertiary/aromatic N) is 1. The SMILES string of the molecule is COc1cc(CNCCCN2CCOCC2)ccc1OCc1ccccc1Cl. The van der Waals surface area contributed by atoms with Crippen LogP contribution in [-0.4, -0.2) is 51.4 Å². The molecule has 1 heterocycles. The Bertz CT molecular complexity index is 735. The van der Waals surface area contributed by atoms with Crippen molar-refractivity contribution < 1.29 is 14.2 Å². The third-order valence-electron chi connectivity index (χ3n) is 4.83. The standard InChI is InChI=1S/C22H29ClN2O3/c1-26-22-15-18(16-24-9-4-10-25-11-13-27-14-12-25)7-8-21(22)28-17-19-5-2-3-6-20(19)23/h2-3,5-8,15,24H,4,9-14,16-17H2,1H3. The molecule has 5 nitrogen and oxygen atoms in total. The van der Waals surface area contributed by atoms with E-state index in [1.807, 2.05) is 36.4 Å². The van der Waals surface area contributed by atoms with Gasteiger partial charge in [0.1, 0.15) is 6.61 Å². The molecule has 28 heavy (non-hydrogen) atoms. The Morgan fingerprint density at radius 3 is 2.71 bits per heavy atom. The summed E-state index contributed by atoms with van der Waals surface area (Å²) < 4.78 is 16.8. The molecule has 2 aromatic rings. The number of rotatable bonds is 10. The highest BCUT2D eigenvalue weighted by atomic mass is 35.5. The topological polar surface area (TPSA) is 43.0 Å². The summed E-state index contributed by atoms with van der Waals surface area (Å²) >= 11 is 6.19. The molecule has 0 aromatic heterocycles. The largest absolute Gasteiger partial charge is 0.493 e. The van der Waals surface area contributed by atoms with Gasteiger partial charge in [-0.2, -0.15) is 0 Å². The molecule has 1 aliphatic heterocycles. The number of hydrogen-bond acceptors (Lipinski definition) is 5. The van der Waals surface area contributed by atoms with E-state index >= 15 is 0 Å². The van der Waals surface area contributed by atoms with E-state index in [0.717, 1.165) is 69.4 Å². The summed E-state index contributed by atoms with van der Waals surface area (Å²) in [5.74, 6) is 1.46. The van der Waals surface area contributed by atoms with E-state index in [1.165, 1.54) is 5.56 Å². The van der Waals surface area contributed by atoms with Crippen LogP contribution in [0.25, 0.3) is 0 Å². The van der Waals surface area contributed by atoms with Crippen LogP contribution in [0.3, 0.4) is 0 Å². The molecule has 0 spiro atoms. The highest BCUT2D eigenvalue weighted by molar-refractivity contribution is 6.31. The number of ether oxygens (including phenoxy) is 3. The highest BCUT2D eigenvalue weighted by Gasteiger charge is 2.10. The molecule has 6 heteroatoms. The molecule has 0 radical (unpaired) electrons. The zero-order valence-corrected chi connectivity index (χ0v) is 17.2. The van der Waals surface area contributed by atoms with Crippen molar-refractivity contribution >= 4 is 11.6 Å². The fraction of sp³-hybridized carbons (Fsp3) is 0.455. The van der Waals surface area contributed by atoms with Gasteiger partial charge in [-0.3, -0.25) is 4.90 Å². The number of methoxy groups -OCH3 is 1. The van der Waals surface area contributed by atoms with Gasteiger partial charge in [-0.25, -0.2) is 0 Å². The van der Waals surface area contributed by atoms with E-state index < -0.39 is 0 Å². The third kappa shape index (κ3) is 6.38. The minimum absolute atomic E-state index is 0.412. The Hall–Kier alpha value is -1.79. The first kappa shape index (κ1) is 20.9. The molecule has 0 saturated carbocycles. The van der Waals surface area contributed by atoms with Crippen LogP contribution >= 0.6 is 11.6 Å². The van der Waals surface area contributed by atoms with Crippen molar-refractivity contribution in [3.05, 3.63) is 58.6 Å². The molecule has 1 saturated heterocycles. The van der Waals surface area contributed by atoms with E-state index in [4.69, 9.17) is 25.8 Å². The second-order valence-corrected chi connectivity index (χ2v) is 7.26. The summed E-state index contributed by atoms with van der Waals surface area (Å²) in [6, 6.07) is 13.7. The van der Waals surface area contributed by atoms with E-state index in [1.54, 1.807) is 7.11 Å². The third-order valence-corrected chi connectivity index (χ3v) is 5.20. The maximum absolute atomic E-state index is 6.19. The van der Waals surface area contributed by atoms with Gasteiger partial charge in [-0.1, -0.05) is 35.9 Å². The Morgan fingerprint density at radius 2 is 1.93 bits per heavy atom. The molecule has 1 aliphatic rings. The molecule has 2 aromatic carbocycles. The van der Waals surface area contributed by atoms with Crippen molar-refractivity contribution in [2.75, 3.05) is 46.5 Å². The quantitative estimate of drug-likeness (QED) is 0.611. The Balaban J connectivity index is 1.44. The first-order chi connectivity index (χ1) is 13.8. The molecule has 0 amide bonds. The number of nitrogens with one attached hydrogen (secondary N) is 1. The van der Waals surface area contributed by atoms with Crippen LogP contribution in [0.1, 0.15) is 17.5 Å². The summed E-state index contributed by atoms with van der Waals surface area (Å²) in [5, 5.41) is 4.21. The maximum atomic E-state index is 6.19. The first-order valence-corrected chi connectivity index (χ1v) is 10.2. The lowest BCUT2D eigenvalue weighted by atomic mass is 10.2. The summed E-state index contributed by atoms with van der Waals surface area (Å²) in [6.45, 7) is 7.15. The van der Waals surface area contributed by atoms with Gasteiger partial charge in [-0.05, 0) is 43.3 Å². The molecule has 1 N–H and O–H groups in total. The summed E-state index contributed by atoms with van der Waals surface area (Å²) in [7, 11) is 1.66. The predicted molar refractivity (Wildman–Crippen MR) is 112 cm³/mol. The van der Waals surface area contributed by atoms with Crippen LogP contribution < -0.4 is 14.8 Å². The Kier molecular flexibility index (Phi) is 8.42. The van der Waals surface area contributed by atoms with Gasteiger partial charge in [0.25, 0.3) is 0 Å². The number of benzene rings is 2. The highest BCUT2D eigenvalue weighted by Crippen LogP contribution is 2.29. The van der Waals surface area contributed by atoms with E-state index in [-0.39, 0.29) is 0 Å². The summed E-state index contributed by atoms with van der Waals surface area (Å²) in [4.78, 5) is 2.46. The Morgan fingerprint density at radius 1 is 1.11 bits per heavy atom. The molecule has 3 rings (SSSR count). The van der Waals surface area contributed by atoms with Gasteiger partial charge < -0.3 is 19.5 Å². The van der Waals surface area contributed by atoms with E-state index in [0.29, 0.717) is 11.6 Å². The molecule has 1 fully saturated rings. The molecule has 0 atom stereocenters. The minimum Gasteiger partial charge on any atom is -0.493 e. The zero-order chi connectivity index (χ0) is 19.6. The van der Waals surface area contributed by atoms with Crippen LogP contribution in [0.4, 0.5) is 0 Å². The van der Waals surface area contributed by atoms with Crippen LogP contribution in [0.2, 0.25) is 5.02 Å². The average Bonchev–Trinajstić information content (AvgIpc) is 2.74. The number of hydrogen-bond donors (Lipinski definition) is 1. The van der Waals surface area contributed by atoms with Gasteiger partial charge in [0.15, 0.2) is 11.5 Å². The summed E-state index contributed by atoms with van der Waals surface area (Å²) in [5.41, 5.74) is 2.13. The van der Waals surface area contributed by atoms with Crippen molar-refractivity contribution in [3.63, 3.8) is 0 Å². The van der Waals surface area contributed by atoms with Crippen molar-refractivity contribution in [1.29, 1.82) is 0 Å². The van der Waals surface area contributed by atoms with Crippen molar-refractivity contribution in [2.45, 2.75) is 19.6 Å². The van der Waals surface area contributed by atoms with Gasteiger partial charge in [0, 0.05) is 30.2 Å². The minimum atomic E-state index is 0.412. The molecule has 0 bridgehead atoms. The smallest absolute Gasteiger partial charge is 0.161 e. The van der Waals surface area contributed by atoms with Crippen LogP contribution in [0, 0.1) is 0 Å². The average molecular weight is 405 g/mol. The second kappa shape index (κ2) is 11.3. The van der Waals surface area contributed by atoms with Gasteiger partial charge in [0.2, 0.25) is 0 Å². The predicted octanol–water partition coefficient (Wildman–Crippen LogP) is 3.74. The molecule has 152 valence electrons. The number of morpholine rings is 1. The van der Waals surface area contributed by atoms with Gasteiger partial charge >= 0.3 is 0 Å². The fourth-order valence-corrected chi connectivity index (χ4v) is 3.39. The van der Waals surface area contributed by atoms with Crippen LogP contribution in [0.5, 0.6) is 11.5 Å². The van der Waals surface area contributed by atoms with Gasteiger partial charge in [-0.15, -0.1) is 0 Å². The molecule has 0 aliphatic carbocycles. The Labute approximate surface area is 172 Å². The van der Waals surface area contributed by atoms with Crippen LogP contribution in [-0.2, 0) is 17.9 Å². The van der Waals surface area contributed by atoms with Crippen LogP contribution in [0.15, 0.2) is 42.5 Å². The first-order valence-electron chi connectivity index (χ1n) is 9.80. The second-order valence-electron chi connectivity index (χ2n) is 6.85. The van der Waals surface area contributed by atoms with Crippen molar-refractivity contribution in [1.82, 2.24) is 10.2 Å². The molecular weight excluding hydrogens is 376 g/mol. The zero-order valence-electron chi connectivity index (χ0n) is 16.5. The maximum Gasteiger partial charge on any atom is 0.161 e. The lowest BCUT2D eigenvalue weighted by Gasteiger charge is -2.26. The van der Waals surface area contributed by atoms with Crippen molar-refractivity contribution in [2.24, 2.45) is 0 Å². The fourth-order valence-electron chi connectivity index (χ4n) is 3.20. The van der Waals surface area contributed by atoms with Gasteiger partial charge in [0.05, 0.1) is 20.3 Å². The normalized spacial score (nSPS) is 14.8. The van der Waals surface area contributed by atoms with E-state index in [2.05, 4.69) is 16.3 Å². The molecular formula is C22H29ClN2O3. The molecule has 0 unspecified atom stereocenters. The monoisotopic (exact) mass is 404 g/mol. The summed E-state index contributed by atoms with van der Waals surface area (Å²) in [6.07, 6.45) is 1.14.